The molecule has 1 heterocycles. The van der Waals surface area contributed by atoms with Gasteiger partial charge >= 0.3 is 0 Å². The molecule has 0 aliphatic heterocycles. The van der Waals surface area contributed by atoms with Crippen molar-refractivity contribution in [3.05, 3.63) is 40.9 Å². The molecular weight excluding hydrogens is 310 g/mol. The highest BCUT2D eigenvalue weighted by Gasteiger charge is 2.13. The monoisotopic (exact) mass is 333 g/mol. The van der Waals surface area contributed by atoms with Crippen LogP contribution in [0.25, 0.3) is 0 Å². The van der Waals surface area contributed by atoms with E-state index in [0.717, 1.165) is 22.9 Å². The number of aryl methyl sites for hydroxylation is 1. The minimum atomic E-state index is -0.0167. The van der Waals surface area contributed by atoms with E-state index in [4.69, 9.17) is 5.11 Å². The molecule has 0 saturated carbocycles. The standard InChI is InChI=1S/C17H23N3O2S/c1-3-13-5-7-14(8-6-13)18-17-19-15(12-23-17)11-16(22)20(4-2)9-10-21/h5-8,12,21H,3-4,9-11H2,1-2H3,(H,18,19). The molecule has 0 fully saturated rings. The van der Waals surface area contributed by atoms with Crippen molar-refractivity contribution in [3.63, 3.8) is 0 Å². The Morgan fingerprint density at radius 2 is 2.04 bits per heavy atom. The van der Waals surface area contributed by atoms with Crippen LogP contribution in [0, 0.1) is 0 Å². The number of aromatic nitrogens is 1. The van der Waals surface area contributed by atoms with Crippen molar-refractivity contribution in [2.24, 2.45) is 0 Å². The number of carbonyl (C=O) groups excluding carboxylic acids is 1. The van der Waals surface area contributed by atoms with Crippen LogP contribution in [0.1, 0.15) is 25.1 Å². The SMILES string of the molecule is CCc1ccc(Nc2nc(CC(=O)N(CC)CCO)cs2)cc1. The Hall–Kier alpha value is -1.92. The number of aliphatic hydroxyl groups is 1. The first kappa shape index (κ1) is 17.4. The molecule has 1 aromatic carbocycles. The summed E-state index contributed by atoms with van der Waals surface area (Å²) in [5, 5.41) is 14.9. The molecule has 23 heavy (non-hydrogen) atoms. The predicted molar refractivity (Wildman–Crippen MR) is 94.3 cm³/mol. The highest BCUT2D eigenvalue weighted by molar-refractivity contribution is 7.13. The minimum absolute atomic E-state index is 0.00861. The van der Waals surface area contributed by atoms with Crippen molar-refractivity contribution >= 4 is 28.1 Å². The first-order valence-electron chi connectivity index (χ1n) is 7.85. The zero-order valence-corrected chi connectivity index (χ0v) is 14.4. The highest BCUT2D eigenvalue weighted by Crippen LogP contribution is 2.22. The van der Waals surface area contributed by atoms with E-state index in [-0.39, 0.29) is 18.9 Å². The van der Waals surface area contributed by atoms with Gasteiger partial charge in [0.15, 0.2) is 5.13 Å². The number of thiazole rings is 1. The second-order valence-corrected chi connectivity index (χ2v) is 6.05. The van der Waals surface area contributed by atoms with E-state index in [2.05, 4.69) is 29.4 Å². The molecule has 0 atom stereocenters. The molecule has 5 nitrogen and oxygen atoms in total. The fraction of sp³-hybridized carbons (Fsp3) is 0.412. The summed E-state index contributed by atoms with van der Waals surface area (Å²) >= 11 is 1.49. The van der Waals surface area contributed by atoms with Crippen LogP contribution in [-0.4, -0.2) is 40.6 Å². The number of aliphatic hydroxyl groups excluding tert-OH is 1. The zero-order chi connectivity index (χ0) is 16.7. The van der Waals surface area contributed by atoms with Crippen LogP contribution in [0.2, 0.25) is 0 Å². The van der Waals surface area contributed by atoms with Gasteiger partial charge in [-0.1, -0.05) is 19.1 Å². The summed E-state index contributed by atoms with van der Waals surface area (Å²) in [6.07, 6.45) is 1.28. The van der Waals surface area contributed by atoms with Gasteiger partial charge in [-0.3, -0.25) is 4.79 Å². The maximum absolute atomic E-state index is 12.1. The number of hydrogen-bond acceptors (Lipinski definition) is 5. The number of amides is 1. The van der Waals surface area contributed by atoms with E-state index in [1.54, 1.807) is 4.90 Å². The molecule has 124 valence electrons. The van der Waals surface area contributed by atoms with E-state index < -0.39 is 0 Å². The number of likely N-dealkylation sites (N-methyl/N-ethyl adjacent to an activating group) is 1. The fourth-order valence-electron chi connectivity index (χ4n) is 2.24. The lowest BCUT2D eigenvalue weighted by atomic mass is 10.1. The van der Waals surface area contributed by atoms with Gasteiger partial charge in [-0.15, -0.1) is 11.3 Å². The van der Waals surface area contributed by atoms with Gasteiger partial charge in [-0.25, -0.2) is 4.98 Å². The molecule has 6 heteroatoms. The molecular formula is C17H23N3O2S. The van der Waals surface area contributed by atoms with Crippen LogP contribution in [0.15, 0.2) is 29.6 Å². The number of nitrogens with one attached hydrogen (secondary N) is 1. The summed E-state index contributed by atoms with van der Waals surface area (Å²) < 4.78 is 0. The Morgan fingerprint density at radius 3 is 2.65 bits per heavy atom. The topological polar surface area (TPSA) is 65.5 Å². The molecule has 1 aromatic heterocycles. The van der Waals surface area contributed by atoms with Gasteiger partial charge in [0, 0.05) is 24.2 Å². The van der Waals surface area contributed by atoms with E-state index in [0.29, 0.717) is 13.1 Å². The quantitative estimate of drug-likeness (QED) is 0.780. The van der Waals surface area contributed by atoms with Crippen LogP contribution in [0.3, 0.4) is 0 Å². The van der Waals surface area contributed by atoms with Crippen molar-refractivity contribution in [1.29, 1.82) is 0 Å². The number of carbonyl (C=O) groups is 1. The largest absolute Gasteiger partial charge is 0.395 e. The number of benzene rings is 1. The molecule has 2 N–H and O–H groups in total. The second kappa shape index (κ2) is 8.64. The maximum Gasteiger partial charge on any atom is 0.228 e. The Morgan fingerprint density at radius 1 is 1.30 bits per heavy atom. The number of nitrogens with zero attached hydrogens (tertiary/aromatic N) is 2. The highest BCUT2D eigenvalue weighted by atomic mass is 32.1. The van der Waals surface area contributed by atoms with Crippen molar-refractivity contribution < 1.29 is 9.90 Å². The van der Waals surface area contributed by atoms with Gasteiger partial charge in [-0.05, 0) is 31.0 Å². The molecule has 0 aliphatic rings. The summed E-state index contributed by atoms with van der Waals surface area (Å²) in [7, 11) is 0. The minimum Gasteiger partial charge on any atom is -0.395 e. The Labute approximate surface area is 141 Å². The number of rotatable bonds is 8. The average molecular weight is 333 g/mol. The Balaban J connectivity index is 1.95. The molecule has 0 bridgehead atoms. The average Bonchev–Trinajstić information content (AvgIpc) is 3.00. The first-order chi connectivity index (χ1) is 11.2. The molecule has 0 saturated heterocycles. The van der Waals surface area contributed by atoms with Crippen LogP contribution < -0.4 is 5.32 Å². The fourth-order valence-corrected chi connectivity index (χ4v) is 2.97. The summed E-state index contributed by atoms with van der Waals surface area (Å²) in [5.41, 5.74) is 3.04. The number of anilines is 2. The third-order valence-electron chi connectivity index (χ3n) is 3.60. The summed E-state index contributed by atoms with van der Waals surface area (Å²) in [6, 6.07) is 8.25. The van der Waals surface area contributed by atoms with Crippen molar-refractivity contribution in [2.45, 2.75) is 26.7 Å². The van der Waals surface area contributed by atoms with Crippen molar-refractivity contribution in [3.8, 4) is 0 Å². The third-order valence-corrected chi connectivity index (χ3v) is 4.41. The molecule has 2 rings (SSSR count). The predicted octanol–water partition coefficient (Wildman–Crippen LogP) is 2.83. The molecule has 0 aliphatic carbocycles. The van der Waals surface area contributed by atoms with E-state index in [9.17, 15) is 4.79 Å². The smallest absolute Gasteiger partial charge is 0.228 e. The second-order valence-electron chi connectivity index (χ2n) is 5.19. The summed E-state index contributed by atoms with van der Waals surface area (Å²) in [5.74, 6) is -0.00861. The van der Waals surface area contributed by atoms with E-state index in [1.807, 2.05) is 24.4 Å². The van der Waals surface area contributed by atoms with Crippen LogP contribution >= 0.6 is 11.3 Å². The van der Waals surface area contributed by atoms with Gasteiger partial charge in [-0.2, -0.15) is 0 Å². The first-order valence-corrected chi connectivity index (χ1v) is 8.73. The number of hydrogen-bond donors (Lipinski definition) is 2. The molecule has 0 unspecified atom stereocenters. The Kier molecular flexibility index (Phi) is 6.55. The van der Waals surface area contributed by atoms with E-state index >= 15 is 0 Å². The van der Waals surface area contributed by atoms with Crippen LogP contribution in [0.4, 0.5) is 10.8 Å². The van der Waals surface area contributed by atoms with Gasteiger partial charge in [0.05, 0.1) is 18.7 Å². The lowest BCUT2D eigenvalue weighted by Gasteiger charge is -2.18. The normalized spacial score (nSPS) is 10.6. The summed E-state index contributed by atoms with van der Waals surface area (Å²) in [6.45, 7) is 4.98. The lowest BCUT2D eigenvalue weighted by molar-refractivity contribution is -0.130. The van der Waals surface area contributed by atoms with E-state index in [1.165, 1.54) is 16.9 Å². The molecule has 1 amide bonds. The third kappa shape index (κ3) is 5.04. The Bertz CT molecular complexity index is 625. The maximum atomic E-state index is 12.1. The van der Waals surface area contributed by atoms with Crippen LogP contribution in [0.5, 0.6) is 0 Å². The van der Waals surface area contributed by atoms with Crippen molar-refractivity contribution in [2.75, 3.05) is 25.0 Å². The zero-order valence-electron chi connectivity index (χ0n) is 13.6. The van der Waals surface area contributed by atoms with Gasteiger partial charge in [0.2, 0.25) is 5.91 Å². The van der Waals surface area contributed by atoms with Gasteiger partial charge < -0.3 is 15.3 Å². The van der Waals surface area contributed by atoms with Gasteiger partial charge in [0.1, 0.15) is 0 Å². The lowest BCUT2D eigenvalue weighted by Crippen LogP contribution is -2.34. The molecule has 0 spiro atoms. The summed E-state index contributed by atoms with van der Waals surface area (Å²) in [4.78, 5) is 18.2. The van der Waals surface area contributed by atoms with Gasteiger partial charge in [0.25, 0.3) is 0 Å². The molecule has 0 radical (unpaired) electrons. The van der Waals surface area contributed by atoms with Crippen LogP contribution in [-0.2, 0) is 17.6 Å². The van der Waals surface area contributed by atoms with Crippen molar-refractivity contribution in [1.82, 2.24) is 9.88 Å². The molecule has 2 aromatic rings.